The standard InChI is InChI=1S/C19H18Cl3N3O3/c1-28-19(26)12-5-6-16(15(22)11-12)24-7-9-25(10-8-24)18(23-27)17-13(20)3-2-4-14(17)21/h2-6,11,27H,7-10H2,1H3/b23-18-. The lowest BCUT2D eigenvalue weighted by molar-refractivity contribution is 0.0600. The Balaban J connectivity index is 1.75. The predicted octanol–water partition coefficient (Wildman–Crippen LogP) is 4.39. The van der Waals surface area contributed by atoms with Crippen molar-refractivity contribution >= 4 is 52.3 Å². The van der Waals surface area contributed by atoms with Gasteiger partial charge in [0.25, 0.3) is 0 Å². The number of amidine groups is 1. The first-order valence-electron chi connectivity index (χ1n) is 8.50. The van der Waals surface area contributed by atoms with E-state index < -0.39 is 5.97 Å². The van der Waals surface area contributed by atoms with Gasteiger partial charge in [-0.2, -0.15) is 0 Å². The van der Waals surface area contributed by atoms with Crippen molar-refractivity contribution in [3.05, 3.63) is 62.6 Å². The molecular weight excluding hydrogens is 425 g/mol. The summed E-state index contributed by atoms with van der Waals surface area (Å²) in [5.41, 5.74) is 1.73. The van der Waals surface area contributed by atoms with E-state index >= 15 is 0 Å². The molecule has 0 amide bonds. The molecule has 9 heteroatoms. The van der Waals surface area contributed by atoms with Gasteiger partial charge in [0.15, 0.2) is 5.84 Å². The summed E-state index contributed by atoms with van der Waals surface area (Å²) in [4.78, 5) is 15.7. The van der Waals surface area contributed by atoms with Crippen molar-refractivity contribution in [2.45, 2.75) is 0 Å². The fraction of sp³-hybridized carbons (Fsp3) is 0.263. The van der Waals surface area contributed by atoms with Crippen LogP contribution in [0.1, 0.15) is 15.9 Å². The Morgan fingerprint density at radius 3 is 2.21 bits per heavy atom. The molecule has 0 bridgehead atoms. The van der Waals surface area contributed by atoms with Crippen molar-refractivity contribution in [3.8, 4) is 0 Å². The van der Waals surface area contributed by atoms with Crippen LogP contribution in [-0.2, 0) is 4.74 Å². The molecule has 1 heterocycles. The summed E-state index contributed by atoms with van der Waals surface area (Å²) in [7, 11) is 1.33. The van der Waals surface area contributed by atoms with Gasteiger partial charge in [-0.05, 0) is 30.3 Å². The van der Waals surface area contributed by atoms with Gasteiger partial charge >= 0.3 is 5.97 Å². The number of carbonyl (C=O) groups is 1. The van der Waals surface area contributed by atoms with Gasteiger partial charge in [0.05, 0.1) is 39.0 Å². The van der Waals surface area contributed by atoms with Crippen LogP contribution in [0.15, 0.2) is 41.6 Å². The molecule has 1 aliphatic rings. The number of ether oxygens (including phenoxy) is 1. The number of anilines is 1. The average Bonchev–Trinajstić information content (AvgIpc) is 2.70. The second-order valence-electron chi connectivity index (χ2n) is 6.15. The van der Waals surface area contributed by atoms with Gasteiger partial charge in [-0.3, -0.25) is 0 Å². The summed E-state index contributed by atoms with van der Waals surface area (Å²) >= 11 is 18.9. The number of oxime groups is 1. The number of hydrogen-bond acceptors (Lipinski definition) is 5. The van der Waals surface area contributed by atoms with Crippen LogP contribution in [-0.4, -0.2) is 55.2 Å². The van der Waals surface area contributed by atoms with Crippen LogP contribution in [0.25, 0.3) is 0 Å². The highest BCUT2D eigenvalue weighted by atomic mass is 35.5. The molecule has 148 valence electrons. The van der Waals surface area contributed by atoms with Crippen LogP contribution in [0.3, 0.4) is 0 Å². The quantitative estimate of drug-likeness (QED) is 0.251. The van der Waals surface area contributed by atoms with Crippen molar-refractivity contribution < 1.29 is 14.7 Å². The zero-order valence-electron chi connectivity index (χ0n) is 15.0. The van der Waals surface area contributed by atoms with E-state index in [-0.39, 0.29) is 0 Å². The molecule has 3 rings (SSSR count). The Kier molecular flexibility index (Phi) is 6.54. The van der Waals surface area contributed by atoms with Gasteiger partial charge in [-0.1, -0.05) is 46.0 Å². The molecule has 1 saturated heterocycles. The summed E-state index contributed by atoms with van der Waals surface area (Å²) in [6.07, 6.45) is 0. The second-order valence-corrected chi connectivity index (χ2v) is 7.37. The molecule has 0 saturated carbocycles. The zero-order valence-corrected chi connectivity index (χ0v) is 17.3. The fourth-order valence-electron chi connectivity index (χ4n) is 3.15. The fourth-order valence-corrected chi connectivity index (χ4v) is 4.02. The smallest absolute Gasteiger partial charge is 0.337 e. The van der Waals surface area contributed by atoms with Gasteiger partial charge in [0, 0.05) is 26.2 Å². The maximum atomic E-state index is 11.6. The van der Waals surface area contributed by atoms with Crippen molar-refractivity contribution in [1.29, 1.82) is 0 Å². The monoisotopic (exact) mass is 441 g/mol. The van der Waals surface area contributed by atoms with Crippen molar-refractivity contribution in [2.75, 3.05) is 38.2 Å². The molecular formula is C19H18Cl3N3O3. The van der Waals surface area contributed by atoms with E-state index in [4.69, 9.17) is 39.5 Å². The third-order valence-electron chi connectivity index (χ3n) is 4.57. The molecule has 1 aliphatic heterocycles. The van der Waals surface area contributed by atoms with Gasteiger partial charge in [0.2, 0.25) is 0 Å². The lowest BCUT2D eigenvalue weighted by Crippen LogP contribution is -2.49. The molecule has 0 aromatic heterocycles. The van der Waals surface area contributed by atoms with Crippen molar-refractivity contribution in [1.82, 2.24) is 4.90 Å². The number of carbonyl (C=O) groups excluding carboxylic acids is 1. The number of hydrogen-bond donors (Lipinski definition) is 1. The van der Waals surface area contributed by atoms with E-state index in [2.05, 4.69) is 10.1 Å². The van der Waals surface area contributed by atoms with Crippen LogP contribution >= 0.6 is 34.8 Å². The van der Waals surface area contributed by atoms with Crippen molar-refractivity contribution in [2.24, 2.45) is 5.16 Å². The first-order valence-corrected chi connectivity index (χ1v) is 9.64. The number of nitrogens with zero attached hydrogens (tertiary/aromatic N) is 3. The minimum atomic E-state index is -0.432. The maximum Gasteiger partial charge on any atom is 0.337 e. The molecule has 0 spiro atoms. The van der Waals surface area contributed by atoms with E-state index in [1.54, 1.807) is 36.4 Å². The molecule has 0 radical (unpaired) electrons. The summed E-state index contributed by atoms with van der Waals surface area (Å²) < 4.78 is 4.71. The van der Waals surface area contributed by atoms with Gasteiger partial charge < -0.3 is 19.7 Å². The van der Waals surface area contributed by atoms with E-state index in [9.17, 15) is 10.0 Å². The molecule has 28 heavy (non-hydrogen) atoms. The van der Waals surface area contributed by atoms with Gasteiger partial charge in [-0.15, -0.1) is 0 Å². The second kappa shape index (κ2) is 8.90. The van der Waals surface area contributed by atoms with Crippen LogP contribution in [0.5, 0.6) is 0 Å². The first-order chi connectivity index (χ1) is 13.5. The number of esters is 1. The SMILES string of the molecule is COC(=O)c1ccc(N2CCN(/C(=N\O)c3c(Cl)cccc3Cl)CC2)c(Cl)c1. The maximum absolute atomic E-state index is 11.6. The van der Waals surface area contributed by atoms with E-state index in [1.165, 1.54) is 7.11 Å². The van der Waals surface area contributed by atoms with Crippen LogP contribution < -0.4 is 4.90 Å². The van der Waals surface area contributed by atoms with Gasteiger partial charge in [-0.25, -0.2) is 4.79 Å². The molecule has 2 aromatic rings. The van der Waals surface area contributed by atoms with Crippen molar-refractivity contribution in [3.63, 3.8) is 0 Å². The number of halogens is 3. The number of methoxy groups -OCH3 is 1. The highest BCUT2D eigenvalue weighted by molar-refractivity contribution is 6.40. The predicted molar refractivity (Wildman–Crippen MR) is 111 cm³/mol. The first kappa shape index (κ1) is 20.6. The highest BCUT2D eigenvalue weighted by Crippen LogP contribution is 2.30. The third kappa shape index (κ3) is 4.14. The molecule has 0 aliphatic carbocycles. The minimum Gasteiger partial charge on any atom is -0.465 e. The summed E-state index contributed by atoms with van der Waals surface area (Å²) in [5, 5.41) is 14.3. The number of rotatable bonds is 3. The lowest BCUT2D eigenvalue weighted by Gasteiger charge is -2.37. The Morgan fingerprint density at radius 2 is 1.68 bits per heavy atom. The average molecular weight is 443 g/mol. The Morgan fingerprint density at radius 1 is 1.04 bits per heavy atom. The normalized spacial score (nSPS) is 14.9. The highest BCUT2D eigenvalue weighted by Gasteiger charge is 2.25. The zero-order chi connectivity index (χ0) is 20.3. The minimum absolute atomic E-state index is 0.336. The van der Waals surface area contributed by atoms with E-state index in [1.807, 2.05) is 4.90 Å². The summed E-state index contributed by atoms with van der Waals surface area (Å²) in [6, 6.07) is 10.2. The summed E-state index contributed by atoms with van der Waals surface area (Å²) in [6.45, 7) is 2.43. The van der Waals surface area contributed by atoms with Crippen LogP contribution in [0.2, 0.25) is 15.1 Å². The molecule has 1 fully saturated rings. The molecule has 0 atom stereocenters. The van der Waals surface area contributed by atoms with Crippen LogP contribution in [0.4, 0.5) is 5.69 Å². The number of piperazine rings is 1. The molecule has 1 N–H and O–H groups in total. The largest absolute Gasteiger partial charge is 0.465 e. The molecule has 6 nitrogen and oxygen atoms in total. The van der Waals surface area contributed by atoms with E-state index in [0.717, 1.165) is 5.69 Å². The number of benzene rings is 2. The van der Waals surface area contributed by atoms with Gasteiger partial charge in [0.1, 0.15) is 0 Å². The molecule has 2 aromatic carbocycles. The topological polar surface area (TPSA) is 65.4 Å². The lowest BCUT2D eigenvalue weighted by atomic mass is 10.1. The van der Waals surface area contributed by atoms with Crippen LogP contribution in [0, 0.1) is 0 Å². The Labute approximate surface area is 177 Å². The molecule has 0 unspecified atom stereocenters. The third-order valence-corrected chi connectivity index (χ3v) is 5.50. The summed E-state index contributed by atoms with van der Waals surface area (Å²) in [5.74, 6) is -0.0962. The Bertz CT molecular complexity index is 892. The van der Waals surface area contributed by atoms with E-state index in [0.29, 0.717) is 58.2 Å². The Hall–Kier alpha value is -2.15.